The second-order valence-electron chi connectivity index (χ2n) is 5.90. The van der Waals surface area contributed by atoms with Gasteiger partial charge in [-0.1, -0.05) is 12.1 Å². The summed E-state index contributed by atoms with van der Waals surface area (Å²) in [6, 6.07) is 10.6. The standard InChI is InChI=1S/C18H18N6/c19-17-15(10-22-18(20)23-17)11-24-7-5-13-8-12(3-4-16(13)24)14-2-1-6-21-9-14/h1-4,6,8-10H,5,7,11H2,(H4,19,20,22,23). The zero-order chi connectivity index (χ0) is 16.5. The van der Waals surface area contributed by atoms with Crippen molar-refractivity contribution in [3.63, 3.8) is 0 Å². The van der Waals surface area contributed by atoms with Crippen LogP contribution in [0.15, 0.2) is 48.9 Å². The minimum absolute atomic E-state index is 0.208. The van der Waals surface area contributed by atoms with Crippen LogP contribution in [0.5, 0.6) is 0 Å². The number of nitrogens with zero attached hydrogens (tertiary/aromatic N) is 4. The van der Waals surface area contributed by atoms with E-state index in [0.717, 1.165) is 24.1 Å². The normalized spacial score (nSPS) is 13.1. The Morgan fingerprint density at radius 3 is 2.79 bits per heavy atom. The van der Waals surface area contributed by atoms with Crippen LogP contribution in [0, 0.1) is 0 Å². The summed E-state index contributed by atoms with van der Waals surface area (Å²) < 4.78 is 0. The average molecular weight is 318 g/mol. The number of hydrogen-bond acceptors (Lipinski definition) is 6. The van der Waals surface area contributed by atoms with Crippen molar-refractivity contribution >= 4 is 17.5 Å². The van der Waals surface area contributed by atoms with Crippen molar-refractivity contribution in [3.05, 3.63) is 60.0 Å². The van der Waals surface area contributed by atoms with Crippen molar-refractivity contribution in [3.8, 4) is 11.1 Å². The minimum atomic E-state index is 0.208. The van der Waals surface area contributed by atoms with Crippen molar-refractivity contribution < 1.29 is 0 Å². The molecule has 1 aromatic carbocycles. The molecule has 4 rings (SSSR count). The second-order valence-corrected chi connectivity index (χ2v) is 5.90. The van der Waals surface area contributed by atoms with Crippen molar-refractivity contribution in [2.75, 3.05) is 22.9 Å². The van der Waals surface area contributed by atoms with Gasteiger partial charge in [0.25, 0.3) is 0 Å². The molecule has 3 heterocycles. The fourth-order valence-corrected chi connectivity index (χ4v) is 3.11. The molecule has 0 saturated carbocycles. The molecule has 0 bridgehead atoms. The lowest BCUT2D eigenvalue weighted by atomic mass is 10.0. The SMILES string of the molecule is Nc1ncc(CN2CCc3cc(-c4cccnc4)ccc32)c(N)n1. The van der Waals surface area contributed by atoms with E-state index in [1.807, 2.05) is 12.3 Å². The summed E-state index contributed by atoms with van der Waals surface area (Å²) in [5.41, 5.74) is 17.3. The Balaban J connectivity index is 1.60. The number of nitrogen functional groups attached to an aromatic ring is 2. The molecule has 0 amide bonds. The molecular formula is C18H18N6. The highest BCUT2D eigenvalue weighted by atomic mass is 15.2. The van der Waals surface area contributed by atoms with E-state index in [0.29, 0.717) is 12.4 Å². The molecule has 1 aliphatic heterocycles. The zero-order valence-corrected chi connectivity index (χ0v) is 13.2. The molecule has 120 valence electrons. The van der Waals surface area contributed by atoms with Crippen molar-refractivity contribution in [2.24, 2.45) is 0 Å². The fourth-order valence-electron chi connectivity index (χ4n) is 3.11. The molecule has 0 spiro atoms. The van der Waals surface area contributed by atoms with E-state index in [1.165, 1.54) is 16.8 Å². The summed E-state index contributed by atoms with van der Waals surface area (Å²) in [4.78, 5) is 14.6. The van der Waals surface area contributed by atoms with Gasteiger partial charge < -0.3 is 16.4 Å². The van der Waals surface area contributed by atoms with Crippen molar-refractivity contribution in [1.82, 2.24) is 15.0 Å². The topological polar surface area (TPSA) is 94.0 Å². The molecule has 3 aromatic rings. The lowest BCUT2D eigenvalue weighted by Crippen LogP contribution is -2.21. The third kappa shape index (κ3) is 2.62. The first-order valence-electron chi connectivity index (χ1n) is 7.86. The largest absolute Gasteiger partial charge is 0.383 e. The van der Waals surface area contributed by atoms with Crippen LogP contribution < -0.4 is 16.4 Å². The summed E-state index contributed by atoms with van der Waals surface area (Å²) >= 11 is 0. The molecule has 0 aliphatic carbocycles. The number of nitrogens with two attached hydrogens (primary N) is 2. The highest BCUT2D eigenvalue weighted by Gasteiger charge is 2.20. The van der Waals surface area contributed by atoms with Gasteiger partial charge in [0.2, 0.25) is 5.95 Å². The van der Waals surface area contributed by atoms with Crippen LogP contribution in [-0.2, 0) is 13.0 Å². The maximum Gasteiger partial charge on any atom is 0.221 e. The van der Waals surface area contributed by atoms with Gasteiger partial charge in [0, 0.05) is 42.9 Å². The third-order valence-electron chi connectivity index (χ3n) is 4.34. The summed E-state index contributed by atoms with van der Waals surface area (Å²) in [5.74, 6) is 0.655. The number of anilines is 3. The Labute approximate surface area is 140 Å². The van der Waals surface area contributed by atoms with E-state index in [1.54, 1.807) is 12.4 Å². The summed E-state index contributed by atoms with van der Waals surface area (Å²) in [6.07, 6.45) is 6.40. The number of hydrogen-bond donors (Lipinski definition) is 2. The zero-order valence-electron chi connectivity index (χ0n) is 13.2. The Morgan fingerprint density at radius 1 is 1.08 bits per heavy atom. The van der Waals surface area contributed by atoms with Gasteiger partial charge in [0.15, 0.2) is 0 Å². The summed E-state index contributed by atoms with van der Waals surface area (Å²) in [6.45, 7) is 1.64. The first-order chi connectivity index (χ1) is 11.7. The number of fused-ring (bicyclic) bond motifs is 1. The van der Waals surface area contributed by atoms with Crippen molar-refractivity contribution in [1.29, 1.82) is 0 Å². The smallest absolute Gasteiger partial charge is 0.221 e. The van der Waals surface area contributed by atoms with E-state index in [2.05, 4.69) is 44.1 Å². The number of rotatable bonds is 3. The highest BCUT2D eigenvalue weighted by molar-refractivity contribution is 5.70. The van der Waals surface area contributed by atoms with Gasteiger partial charge in [-0.2, -0.15) is 4.98 Å². The van der Waals surface area contributed by atoms with Gasteiger partial charge in [0.1, 0.15) is 5.82 Å². The summed E-state index contributed by atoms with van der Waals surface area (Å²) in [7, 11) is 0. The number of pyridine rings is 1. The van der Waals surface area contributed by atoms with Crippen LogP contribution in [0.2, 0.25) is 0 Å². The first-order valence-corrected chi connectivity index (χ1v) is 7.86. The molecule has 2 aromatic heterocycles. The molecule has 0 radical (unpaired) electrons. The third-order valence-corrected chi connectivity index (χ3v) is 4.34. The fraction of sp³-hybridized carbons (Fsp3) is 0.167. The van der Waals surface area contributed by atoms with Gasteiger partial charge in [-0.25, -0.2) is 4.98 Å². The molecule has 6 heteroatoms. The molecule has 0 unspecified atom stereocenters. The number of benzene rings is 1. The predicted octanol–water partition coefficient (Wildman–Crippen LogP) is 2.27. The van der Waals surface area contributed by atoms with Crippen LogP contribution in [-0.4, -0.2) is 21.5 Å². The molecule has 6 nitrogen and oxygen atoms in total. The van der Waals surface area contributed by atoms with Gasteiger partial charge in [-0.15, -0.1) is 0 Å². The monoisotopic (exact) mass is 318 g/mol. The van der Waals surface area contributed by atoms with E-state index >= 15 is 0 Å². The maximum absolute atomic E-state index is 5.95. The Hall–Kier alpha value is -3.15. The van der Waals surface area contributed by atoms with Gasteiger partial charge in [0.05, 0.1) is 0 Å². The van der Waals surface area contributed by atoms with Gasteiger partial charge >= 0.3 is 0 Å². The maximum atomic E-state index is 5.95. The van der Waals surface area contributed by atoms with E-state index < -0.39 is 0 Å². The minimum Gasteiger partial charge on any atom is -0.383 e. The Kier molecular flexibility index (Phi) is 3.49. The van der Waals surface area contributed by atoms with E-state index in [-0.39, 0.29) is 5.95 Å². The number of aromatic nitrogens is 3. The molecule has 0 fully saturated rings. The molecule has 24 heavy (non-hydrogen) atoms. The van der Waals surface area contributed by atoms with Gasteiger partial charge in [-0.3, -0.25) is 4.98 Å². The molecular weight excluding hydrogens is 300 g/mol. The predicted molar refractivity (Wildman–Crippen MR) is 95.3 cm³/mol. The summed E-state index contributed by atoms with van der Waals surface area (Å²) in [5, 5.41) is 0. The van der Waals surface area contributed by atoms with Crippen molar-refractivity contribution in [2.45, 2.75) is 13.0 Å². The average Bonchev–Trinajstić information content (AvgIpc) is 3.00. The lowest BCUT2D eigenvalue weighted by molar-refractivity contribution is 0.830. The van der Waals surface area contributed by atoms with Gasteiger partial charge in [-0.05, 0) is 41.3 Å². The van der Waals surface area contributed by atoms with Crippen LogP contribution in [0.3, 0.4) is 0 Å². The molecule has 0 atom stereocenters. The van der Waals surface area contributed by atoms with Crippen LogP contribution in [0.4, 0.5) is 17.5 Å². The molecule has 0 saturated heterocycles. The van der Waals surface area contributed by atoms with Crippen LogP contribution in [0.25, 0.3) is 11.1 Å². The lowest BCUT2D eigenvalue weighted by Gasteiger charge is -2.20. The first kappa shape index (κ1) is 14.4. The van der Waals surface area contributed by atoms with E-state index in [9.17, 15) is 0 Å². The van der Waals surface area contributed by atoms with Crippen LogP contribution in [0.1, 0.15) is 11.1 Å². The second kappa shape index (κ2) is 5.81. The molecule has 4 N–H and O–H groups in total. The Bertz CT molecular complexity index is 878. The quantitative estimate of drug-likeness (QED) is 0.769. The molecule has 1 aliphatic rings. The Morgan fingerprint density at radius 2 is 2.00 bits per heavy atom. The van der Waals surface area contributed by atoms with Crippen LogP contribution >= 0.6 is 0 Å². The van der Waals surface area contributed by atoms with E-state index in [4.69, 9.17) is 11.5 Å². The highest BCUT2D eigenvalue weighted by Crippen LogP contribution is 2.33.